The minimum atomic E-state index is -0.488. The van der Waals surface area contributed by atoms with Gasteiger partial charge in [0.1, 0.15) is 0 Å². The van der Waals surface area contributed by atoms with Crippen LogP contribution in [0.4, 0.5) is 0 Å². The molecule has 1 aliphatic carbocycles. The summed E-state index contributed by atoms with van der Waals surface area (Å²) in [5.74, 6) is 0. The highest BCUT2D eigenvalue weighted by Gasteiger charge is 2.08. The fourth-order valence-corrected chi connectivity index (χ4v) is 2.97. The molecule has 0 amide bonds. The zero-order valence-corrected chi connectivity index (χ0v) is 7.59. The minimum absolute atomic E-state index is 0.488. The van der Waals surface area contributed by atoms with E-state index < -0.39 is 8.80 Å². The summed E-state index contributed by atoms with van der Waals surface area (Å²) in [4.78, 5) is 0. The van der Waals surface area contributed by atoms with Crippen LogP contribution in [-0.2, 0) is 0 Å². The normalized spacial score (nSPS) is 18.2. The van der Waals surface area contributed by atoms with E-state index in [0.717, 1.165) is 0 Å². The Bertz CT molecular complexity index is 163. The SMILES string of the molecule is CC1=CCC=C1[SiH](C)C. The van der Waals surface area contributed by atoms with Crippen LogP contribution in [0.25, 0.3) is 0 Å². The number of rotatable bonds is 1. The molecular weight excluding hydrogens is 124 g/mol. The Morgan fingerprint density at radius 2 is 2.00 bits per heavy atom. The topological polar surface area (TPSA) is 0 Å². The van der Waals surface area contributed by atoms with Gasteiger partial charge in [0, 0.05) is 0 Å². The van der Waals surface area contributed by atoms with Gasteiger partial charge >= 0.3 is 0 Å². The first-order valence-electron chi connectivity index (χ1n) is 3.59. The van der Waals surface area contributed by atoms with Crippen LogP contribution >= 0.6 is 0 Å². The zero-order valence-electron chi connectivity index (χ0n) is 6.44. The molecule has 1 heteroatoms. The average Bonchev–Trinajstić information content (AvgIpc) is 2.13. The summed E-state index contributed by atoms with van der Waals surface area (Å²) in [5, 5.41) is 1.68. The van der Waals surface area contributed by atoms with Gasteiger partial charge in [0.05, 0.1) is 8.80 Å². The number of hydrogen-bond acceptors (Lipinski definition) is 0. The smallest absolute Gasteiger partial charge is 0.0646 e. The Balaban J connectivity index is 2.72. The first kappa shape index (κ1) is 6.81. The van der Waals surface area contributed by atoms with Crippen molar-refractivity contribution in [3.05, 3.63) is 22.9 Å². The van der Waals surface area contributed by atoms with Crippen LogP contribution in [0.3, 0.4) is 0 Å². The standard InChI is InChI=1S/C8H14Si/c1-7-5-4-6-8(7)9(2)3/h5-6,9H,4H2,1-3H3. The van der Waals surface area contributed by atoms with Crippen molar-refractivity contribution in [2.24, 2.45) is 0 Å². The highest BCUT2D eigenvalue weighted by atomic mass is 28.3. The first-order chi connectivity index (χ1) is 4.22. The van der Waals surface area contributed by atoms with Crippen molar-refractivity contribution in [1.29, 1.82) is 0 Å². The molecule has 0 heterocycles. The fraction of sp³-hybridized carbons (Fsp3) is 0.500. The lowest BCUT2D eigenvalue weighted by molar-refractivity contribution is 1.42. The second-order valence-corrected chi connectivity index (χ2v) is 5.87. The van der Waals surface area contributed by atoms with Crippen molar-refractivity contribution in [3.63, 3.8) is 0 Å². The molecule has 50 valence electrons. The summed E-state index contributed by atoms with van der Waals surface area (Å²) in [6.45, 7) is 6.99. The molecular formula is C8H14Si. The van der Waals surface area contributed by atoms with E-state index in [-0.39, 0.29) is 0 Å². The summed E-state index contributed by atoms with van der Waals surface area (Å²) in [5.41, 5.74) is 1.54. The summed E-state index contributed by atoms with van der Waals surface area (Å²) < 4.78 is 0. The largest absolute Gasteiger partial charge is 0.0816 e. The Morgan fingerprint density at radius 1 is 1.33 bits per heavy atom. The van der Waals surface area contributed by atoms with Crippen LogP contribution in [0.1, 0.15) is 13.3 Å². The molecule has 0 fully saturated rings. The fourth-order valence-electron chi connectivity index (χ4n) is 1.33. The van der Waals surface area contributed by atoms with Gasteiger partial charge < -0.3 is 0 Å². The van der Waals surface area contributed by atoms with Crippen LogP contribution in [-0.4, -0.2) is 8.80 Å². The molecule has 0 aliphatic heterocycles. The number of hydrogen-bond donors (Lipinski definition) is 0. The Labute approximate surface area is 58.9 Å². The Hall–Kier alpha value is -0.303. The predicted octanol–water partition coefficient (Wildman–Crippen LogP) is 2.29. The Morgan fingerprint density at radius 3 is 2.22 bits per heavy atom. The minimum Gasteiger partial charge on any atom is -0.0816 e. The van der Waals surface area contributed by atoms with Gasteiger partial charge in [0.2, 0.25) is 0 Å². The second-order valence-electron chi connectivity index (χ2n) is 2.94. The van der Waals surface area contributed by atoms with Crippen molar-refractivity contribution in [3.8, 4) is 0 Å². The van der Waals surface area contributed by atoms with Crippen LogP contribution in [0, 0.1) is 0 Å². The van der Waals surface area contributed by atoms with Gasteiger partial charge in [-0.05, 0) is 13.3 Å². The lowest BCUT2D eigenvalue weighted by Crippen LogP contribution is -2.04. The van der Waals surface area contributed by atoms with Crippen molar-refractivity contribution in [2.45, 2.75) is 26.4 Å². The van der Waals surface area contributed by atoms with Crippen LogP contribution in [0.5, 0.6) is 0 Å². The quantitative estimate of drug-likeness (QED) is 0.488. The van der Waals surface area contributed by atoms with Gasteiger partial charge in [0.15, 0.2) is 0 Å². The summed E-state index contributed by atoms with van der Waals surface area (Å²) >= 11 is 0. The molecule has 0 saturated heterocycles. The molecule has 0 spiro atoms. The van der Waals surface area contributed by atoms with Crippen molar-refractivity contribution in [1.82, 2.24) is 0 Å². The maximum Gasteiger partial charge on any atom is 0.0646 e. The van der Waals surface area contributed by atoms with Crippen molar-refractivity contribution < 1.29 is 0 Å². The maximum absolute atomic E-state index is 2.38. The van der Waals surface area contributed by atoms with E-state index in [0.29, 0.717) is 0 Å². The molecule has 9 heavy (non-hydrogen) atoms. The van der Waals surface area contributed by atoms with E-state index in [1.807, 2.05) is 0 Å². The molecule has 0 unspecified atom stereocenters. The van der Waals surface area contributed by atoms with E-state index in [4.69, 9.17) is 0 Å². The van der Waals surface area contributed by atoms with E-state index in [1.165, 1.54) is 12.0 Å². The average molecular weight is 138 g/mol. The Kier molecular flexibility index (Phi) is 1.91. The molecule has 0 nitrogen and oxygen atoms in total. The van der Waals surface area contributed by atoms with Crippen LogP contribution in [0.15, 0.2) is 22.9 Å². The van der Waals surface area contributed by atoms with E-state index in [9.17, 15) is 0 Å². The first-order valence-corrected chi connectivity index (χ1v) is 6.47. The van der Waals surface area contributed by atoms with E-state index >= 15 is 0 Å². The van der Waals surface area contributed by atoms with E-state index in [1.54, 1.807) is 5.20 Å². The highest BCUT2D eigenvalue weighted by molar-refractivity contribution is 6.65. The van der Waals surface area contributed by atoms with Gasteiger partial charge in [0.25, 0.3) is 0 Å². The van der Waals surface area contributed by atoms with Crippen molar-refractivity contribution >= 4 is 8.80 Å². The zero-order chi connectivity index (χ0) is 6.85. The van der Waals surface area contributed by atoms with Gasteiger partial charge in [-0.2, -0.15) is 0 Å². The van der Waals surface area contributed by atoms with Gasteiger partial charge in [-0.25, -0.2) is 0 Å². The van der Waals surface area contributed by atoms with Crippen LogP contribution < -0.4 is 0 Å². The molecule has 0 aromatic carbocycles. The third kappa shape index (κ3) is 1.33. The lowest BCUT2D eigenvalue weighted by Gasteiger charge is -2.04. The summed E-state index contributed by atoms with van der Waals surface area (Å²) in [7, 11) is -0.488. The summed E-state index contributed by atoms with van der Waals surface area (Å²) in [6, 6.07) is 0. The highest BCUT2D eigenvalue weighted by Crippen LogP contribution is 2.20. The monoisotopic (exact) mass is 138 g/mol. The predicted molar refractivity (Wildman–Crippen MR) is 45.3 cm³/mol. The van der Waals surface area contributed by atoms with Gasteiger partial charge in [-0.3, -0.25) is 0 Å². The second kappa shape index (κ2) is 2.52. The van der Waals surface area contributed by atoms with E-state index in [2.05, 4.69) is 32.2 Å². The number of allylic oxidation sites excluding steroid dienone is 4. The molecule has 0 aromatic rings. The molecule has 1 rings (SSSR count). The lowest BCUT2D eigenvalue weighted by atomic mass is 10.3. The van der Waals surface area contributed by atoms with Gasteiger partial charge in [-0.15, -0.1) is 0 Å². The molecule has 1 aliphatic rings. The maximum atomic E-state index is 2.38. The third-order valence-electron chi connectivity index (χ3n) is 1.84. The molecule has 0 N–H and O–H groups in total. The molecule has 0 atom stereocenters. The third-order valence-corrected chi connectivity index (χ3v) is 3.77. The molecule has 0 bridgehead atoms. The van der Waals surface area contributed by atoms with Crippen molar-refractivity contribution in [2.75, 3.05) is 0 Å². The molecule has 0 saturated carbocycles. The molecule has 0 aromatic heterocycles. The molecule has 0 radical (unpaired) electrons. The summed E-state index contributed by atoms with van der Waals surface area (Å²) in [6.07, 6.45) is 5.89. The van der Waals surface area contributed by atoms with Gasteiger partial charge in [-0.1, -0.05) is 36.0 Å². The van der Waals surface area contributed by atoms with Crippen LogP contribution in [0.2, 0.25) is 13.1 Å².